The minimum absolute atomic E-state index is 0.0887. The second-order valence-corrected chi connectivity index (χ2v) is 4.42. The van der Waals surface area contributed by atoms with E-state index in [1.807, 2.05) is 30.3 Å². The molecule has 1 unspecified atom stereocenters. The van der Waals surface area contributed by atoms with Crippen molar-refractivity contribution in [3.8, 4) is 0 Å². The normalized spacial score (nSPS) is 17.9. The summed E-state index contributed by atoms with van der Waals surface area (Å²) >= 11 is 0. The number of aromatic nitrogens is 2. The summed E-state index contributed by atoms with van der Waals surface area (Å²) in [6.07, 6.45) is -0.0863. The highest BCUT2D eigenvalue weighted by Gasteiger charge is 2.29. The van der Waals surface area contributed by atoms with Crippen molar-refractivity contribution < 1.29 is 14.7 Å². The SMILES string of the molecule is O=C1NC(O)C(=O)Nc2c1ncn2Cc1ccccc1. The third kappa shape index (κ3) is 2.14. The van der Waals surface area contributed by atoms with Crippen LogP contribution >= 0.6 is 0 Å². The first-order valence-electron chi connectivity index (χ1n) is 6.04. The van der Waals surface area contributed by atoms with Gasteiger partial charge in [0.1, 0.15) is 5.82 Å². The van der Waals surface area contributed by atoms with Crippen LogP contribution in [0.4, 0.5) is 5.82 Å². The average Bonchev–Trinajstić information content (AvgIpc) is 2.78. The summed E-state index contributed by atoms with van der Waals surface area (Å²) < 4.78 is 1.65. The molecule has 7 heteroatoms. The Balaban J connectivity index is 1.96. The van der Waals surface area contributed by atoms with Crippen LogP contribution in [0.25, 0.3) is 0 Å². The number of rotatable bonds is 2. The lowest BCUT2D eigenvalue weighted by atomic mass is 10.2. The Hall–Kier alpha value is -2.67. The van der Waals surface area contributed by atoms with Crippen LogP contribution in [0, 0.1) is 0 Å². The summed E-state index contributed by atoms with van der Waals surface area (Å²) in [7, 11) is 0. The van der Waals surface area contributed by atoms with Crippen LogP contribution in [0.15, 0.2) is 36.7 Å². The molecule has 2 heterocycles. The molecule has 1 aliphatic rings. The molecule has 2 amide bonds. The number of carbonyl (C=O) groups is 2. The van der Waals surface area contributed by atoms with Gasteiger partial charge in [-0.15, -0.1) is 0 Å². The molecule has 0 spiro atoms. The third-order valence-electron chi connectivity index (χ3n) is 3.01. The maximum absolute atomic E-state index is 11.8. The van der Waals surface area contributed by atoms with Crippen molar-refractivity contribution in [1.82, 2.24) is 14.9 Å². The molecule has 2 aromatic rings. The number of hydrogen-bond donors (Lipinski definition) is 3. The summed E-state index contributed by atoms with van der Waals surface area (Å²) in [6, 6.07) is 9.57. The summed E-state index contributed by atoms with van der Waals surface area (Å²) in [6.45, 7) is 0.465. The highest BCUT2D eigenvalue weighted by molar-refractivity contribution is 6.07. The molecule has 1 aromatic heterocycles. The van der Waals surface area contributed by atoms with Crippen LogP contribution in [-0.4, -0.2) is 32.7 Å². The summed E-state index contributed by atoms with van der Waals surface area (Å²) in [5, 5.41) is 14.1. The molecule has 0 saturated carbocycles. The Kier molecular flexibility index (Phi) is 2.96. The van der Waals surface area contributed by atoms with Gasteiger partial charge in [0.15, 0.2) is 5.69 Å². The van der Waals surface area contributed by atoms with E-state index >= 15 is 0 Å². The van der Waals surface area contributed by atoms with Crippen LogP contribution in [0.1, 0.15) is 16.1 Å². The van der Waals surface area contributed by atoms with Gasteiger partial charge in [-0.05, 0) is 5.56 Å². The van der Waals surface area contributed by atoms with Crippen molar-refractivity contribution in [3.63, 3.8) is 0 Å². The number of aliphatic hydroxyl groups is 1. The number of fused-ring (bicyclic) bond motifs is 1. The maximum atomic E-state index is 11.8. The minimum atomic E-state index is -1.57. The molecule has 3 N–H and O–H groups in total. The van der Waals surface area contributed by atoms with E-state index in [9.17, 15) is 14.7 Å². The van der Waals surface area contributed by atoms with Crippen molar-refractivity contribution in [2.75, 3.05) is 5.32 Å². The van der Waals surface area contributed by atoms with E-state index in [1.54, 1.807) is 4.57 Å². The van der Waals surface area contributed by atoms with Gasteiger partial charge in [0.25, 0.3) is 11.8 Å². The van der Waals surface area contributed by atoms with Gasteiger partial charge in [0.05, 0.1) is 12.9 Å². The number of nitrogens with zero attached hydrogens (tertiary/aromatic N) is 2. The molecule has 3 rings (SSSR count). The van der Waals surface area contributed by atoms with Gasteiger partial charge in [-0.25, -0.2) is 4.98 Å². The van der Waals surface area contributed by atoms with Gasteiger partial charge < -0.3 is 20.3 Å². The fraction of sp³-hybridized carbons (Fsp3) is 0.154. The smallest absolute Gasteiger partial charge is 0.276 e. The number of anilines is 1. The first-order chi connectivity index (χ1) is 9.65. The second kappa shape index (κ2) is 4.78. The number of hydrogen-bond acceptors (Lipinski definition) is 4. The molecular weight excluding hydrogens is 260 g/mol. The average molecular weight is 272 g/mol. The third-order valence-corrected chi connectivity index (χ3v) is 3.01. The van der Waals surface area contributed by atoms with E-state index < -0.39 is 18.0 Å². The Morgan fingerprint density at radius 2 is 2.00 bits per heavy atom. The van der Waals surface area contributed by atoms with Crippen LogP contribution < -0.4 is 10.6 Å². The predicted molar refractivity (Wildman–Crippen MR) is 69.9 cm³/mol. The lowest BCUT2D eigenvalue weighted by Crippen LogP contribution is -2.41. The van der Waals surface area contributed by atoms with Gasteiger partial charge in [-0.3, -0.25) is 9.59 Å². The van der Waals surface area contributed by atoms with Gasteiger partial charge >= 0.3 is 0 Å². The molecule has 0 saturated heterocycles. The summed E-state index contributed by atoms with van der Waals surface area (Å²) in [5.41, 5.74) is 1.10. The van der Waals surface area contributed by atoms with Gasteiger partial charge in [-0.2, -0.15) is 0 Å². The predicted octanol–water partition coefficient (Wildman–Crippen LogP) is -0.0683. The standard InChI is InChI=1S/C13H12N4O3/c18-11-9-10(15-12(19)13(20)16-11)17(7-14-9)6-8-4-2-1-3-5-8/h1-5,7,13,20H,6H2,(H,15,19)(H,16,18). The molecule has 0 fully saturated rings. The lowest BCUT2D eigenvalue weighted by Gasteiger charge is -2.10. The van der Waals surface area contributed by atoms with E-state index in [2.05, 4.69) is 15.6 Å². The van der Waals surface area contributed by atoms with Crippen molar-refractivity contribution in [1.29, 1.82) is 0 Å². The zero-order valence-electron chi connectivity index (χ0n) is 10.4. The number of carbonyl (C=O) groups excluding carboxylic acids is 2. The van der Waals surface area contributed by atoms with Crippen LogP contribution in [0.3, 0.4) is 0 Å². The van der Waals surface area contributed by atoms with Crippen LogP contribution in [-0.2, 0) is 11.3 Å². The quantitative estimate of drug-likeness (QED) is 0.713. The van der Waals surface area contributed by atoms with Crippen LogP contribution in [0.5, 0.6) is 0 Å². The fourth-order valence-corrected chi connectivity index (χ4v) is 2.02. The summed E-state index contributed by atoms with van der Waals surface area (Å²) in [4.78, 5) is 27.4. The molecular formula is C13H12N4O3. The van der Waals surface area contributed by atoms with E-state index in [1.165, 1.54) is 6.33 Å². The zero-order valence-corrected chi connectivity index (χ0v) is 10.4. The Labute approximate surface area is 114 Å². The van der Waals surface area contributed by atoms with E-state index in [-0.39, 0.29) is 11.5 Å². The first-order valence-corrected chi connectivity index (χ1v) is 6.04. The monoisotopic (exact) mass is 272 g/mol. The van der Waals surface area contributed by atoms with Gasteiger partial charge in [-0.1, -0.05) is 30.3 Å². The molecule has 7 nitrogen and oxygen atoms in total. The molecule has 1 atom stereocenters. The van der Waals surface area contributed by atoms with Crippen molar-refractivity contribution in [2.45, 2.75) is 12.8 Å². The molecule has 0 radical (unpaired) electrons. The Morgan fingerprint density at radius 1 is 1.25 bits per heavy atom. The number of amides is 2. The number of benzene rings is 1. The van der Waals surface area contributed by atoms with E-state index in [4.69, 9.17) is 0 Å². The Morgan fingerprint density at radius 3 is 2.75 bits per heavy atom. The van der Waals surface area contributed by atoms with Crippen molar-refractivity contribution in [2.24, 2.45) is 0 Å². The number of nitrogens with one attached hydrogen (secondary N) is 2. The minimum Gasteiger partial charge on any atom is -0.365 e. The molecule has 102 valence electrons. The fourth-order valence-electron chi connectivity index (χ4n) is 2.02. The molecule has 0 bridgehead atoms. The zero-order chi connectivity index (χ0) is 14.1. The second-order valence-electron chi connectivity index (χ2n) is 4.42. The highest BCUT2D eigenvalue weighted by atomic mass is 16.3. The number of aliphatic hydroxyl groups excluding tert-OH is 1. The topological polar surface area (TPSA) is 96.2 Å². The summed E-state index contributed by atoms with van der Waals surface area (Å²) in [5.74, 6) is -0.988. The number of imidazole rings is 1. The lowest BCUT2D eigenvalue weighted by molar-refractivity contribution is -0.124. The molecule has 1 aromatic carbocycles. The molecule has 20 heavy (non-hydrogen) atoms. The highest BCUT2D eigenvalue weighted by Crippen LogP contribution is 2.19. The van der Waals surface area contributed by atoms with Crippen molar-refractivity contribution in [3.05, 3.63) is 47.9 Å². The van der Waals surface area contributed by atoms with Gasteiger partial charge in [0.2, 0.25) is 6.23 Å². The maximum Gasteiger partial charge on any atom is 0.276 e. The van der Waals surface area contributed by atoms with Crippen LogP contribution in [0.2, 0.25) is 0 Å². The molecule has 0 aliphatic carbocycles. The largest absolute Gasteiger partial charge is 0.365 e. The van der Waals surface area contributed by atoms with E-state index in [0.717, 1.165) is 5.56 Å². The Bertz CT molecular complexity index is 666. The van der Waals surface area contributed by atoms with Crippen molar-refractivity contribution >= 4 is 17.6 Å². The molecule has 1 aliphatic heterocycles. The first kappa shape index (κ1) is 12.4. The van der Waals surface area contributed by atoms with E-state index in [0.29, 0.717) is 6.54 Å². The van der Waals surface area contributed by atoms with Gasteiger partial charge in [0, 0.05) is 0 Å².